The molecule has 0 aliphatic carbocycles. The number of phenols is 1. The number of thioether (sulfide) groups is 1. The Kier molecular flexibility index (Phi) is 5.41. The van der Waals surface area contributed by atoms with Crippen molar-refractivity contribution in [3.05, 3.63) is 84.4 Å². The van der Waals surface area contributed by atoms with E-state index in [1.165, 1.54) is 17.3 Å². The molecule has 0 radical (unpaired) electrons. The van der Waals surface area contributed by atoms with Crippen molar-refractivity contribution < 1.29 is 9.90 Å². The SMILES string of the molecule is CC1Cc2ccccc2N1C(=O)CSc1nnc(-c2ccccc2O)n1-c1ccccc1. The van der Waals surface area contributed by atoms with E-state index in [4.69, 9.17) is 0 Å². The Hall–Kier alpha value is -3.58. The van der Waals surface area contributed by atoms with Gasteiger partial charge >= 0.3 is 0 Å². The fourth-order valence-corrected chi connectivity index (χ4v) is 4.96. The lowest BCUT2D eigenvalue weighted by atomic mass is 10.1. The highest BCUT2D eigenvalue weighted by Gasteiger charge is 2.31. The number of para-hydroxylation sites is 3. The molecule has 1 aliphatic heterocycles. The minimum absolute atomic E-state index is 0.0409. The topological polar surface area (TPSA) is 71.2 Å². The molecule has 4 aromatic rings. The third-order valence-corrected chi connectivity index (χ3v) is 6.51. The summed E-state index contributed by atoms with van der Waals surface area (Å²) in [6, 6.07) is 25.0. The number of aromatic nitrogens is 3. The lowest BCUT2D eigenvalue weighted by molar-refractivity contribution is -0.116. The fraction of sp³-hybridized carbons (Fsp3) is 0.160. The van der Waals surface area contributed by atoms with Crippen LogP contribution in [0.1, 0.15) is 12.5 Å². The first-order valence-corrected chi connectivity index (χ1v) is 11.4. The van der Waals surface area contributed by atoms with Gasteiger partial charge < -0.3 is 10.0 Å². The van der Waals surface area contributed by atoms with Crippen LogP contribution in [-0.2, 0) is 11.2 Å². The van der Waals surface area contributed by atoms with E-state index in [2.05, 4.69) is 23.2 Å². The number of phenolic OH excluding ortho intramolecular Hbond substituents is 1. The monoisotopic (exact) mass is 442 g/mol. The molecule has 5 rings (SSSR count). The molecule has 0 saturated carbocycles. The molecule has 0 fully saturated rings. The van der Waals surface area contributed by atoms with Crippen molar-refractivity contribution in [2.75, 3.05) is 10.7 Å². The zero-order valence-corrected chi connectivity index (χ0v) is 18.4. The summed E-state index contributed by atoms with van der Waals surface area (Å²) in [5, 5.41) is 19.7. The number of benzene rings is 3. The van der Waals surface area contributed by atoms with Gasteiger partial charge in [-0.15, -0.1) is 10.2 Å². The van der Waals surface area contributed by atoms with Crippen LogP contribution in [0.25, 0.3) is 17.1 Å². The molecule has 2 heterocycles. The van der Waals surface area contributed by atoms with E-state index in [1.807, 2.05) is 64.1 Å². The predicted molar refractivity (Wildman–Crippen MR) is 126 cm³/mol. The number of rotatable bonds is 5. The summed E-state index contributed by atoms with van der Waals surface area (Å²) in [6.07, 6.45) is 0.865. The molecular weight excluding hydrogens is 420 g/mol. The highest BCUT2D eigenvalue weighted by atomic mass is 32.2. The van der Waals surface area contributed by atoms with Crippen molar-refractivity contribution >= 4 is 23.4 Å². The van der Waals surface area contributed by atoms with Crippen molar-refractivity contribution in [3.63, 3.8) is 0 Å². The average Bonchev–Trinajstić information content (AvgIpc) is 3.38. The molecule has 6 nitrogen and oxygen atoms in total. The van der Waals surface area contributed by atoms with Gasteiger partial charge in [0.25, 0.3) is 0 Å². The van der Waals surface area contributed by atoms with Gasteiger partial charge in [-0.3, -0.25) is 9.36 Å². The summed E-state index contributed by atoms with van der Waals surface area (Å²) in [6.45, 7) is 2.07. The minimum atomic E-state index is 0.0409. The fourth-order valence-electron chi connectivity index (χ4n) is 4.15. The molecule has 32 heavy (non-hydrogen) atoms. The molecule has 1 atom stereocenters. The van der Waals surface area contributed by atoms with E-state index in [-0.39, 0.29) is 23.5 Å². The van der Waals surface area contributed by atoms with Gasteiger partial charge in [-0.25, -0.2) is 0 Å². The second-order valence-corrected chi connectivity index (χ2v) is 8.67. The molecule has 3 aromatic carbocycles. The van der Waals surface area contributed by atoms with E-state index in [1.54, 1.807) is 18.2 Å². The van der Waals surface area contributed by atoms with Gasteiger partial charge in [0.1, 0.15) is 5.75 Å². The van der Waals surface area contributed by atoms with Crippen molar-refractivity contribution in [1.82, 2.24) is 14.8 Å². The summed E-state index contributed by atoms with van der Waals surface area (Å²) < 4.78 is 1.88. The first kappa shape index (κ1) is 20.3. The summed E-state index contributed by atoms with van der Waals surface area (Å²) >= 11 is 1.35. The highest BCUT2D eigenvalue weighted by molar-refractivity contribution is 7.99. The number of aromatic hydroxyl groups is 1. The molecule has 7 heteroatoms. The van der Waals surface area contributed by atoms with Crippen LogP contribution in [0.5, 0.6) is 5.75 Å². The molecule has 0 bridgehead atoms. The molecular formula is C25H22N4O2S. The predicted octanol–water partition coefficient (Wildman–Crippen LogP) is 4.71. The van der Waals surface area contributed by atoms with Gasteiger partial charge in [-0.1, -0.05) is 60.3 Å². The van der Waals surface area contributed by atoms with Gasteiger partial charge in [0.05, 0.1) is 11.3 Å². The quantitative estimate of drug-likeness (QED) is 0.453. The van der Waals surface area contributed by atoms with Crippen LogP contribution in [-0.4, -0.2) is 37.6 Å². The lowest BCUT2D eigenvalue weighted by Gasteiger charge is -2.22. The van der Waals surface area contributed by atoms with Gasteiger partial charge in [0, 0.05) is 17.4 Å². The van der Waals surface area contributed by atoms with Crippen LogP contribution in [0.4, 0.5) is 5.69 Å². The Morgan fingerprint density at radius 1 is 1.00 bits per heavy atom. The highest BCUT2D eigenvalue weighted by Crippen LogP contribution is 2.35. The van der Waals surface area contributed by atoms with E-state index in [9.17, 15) is 9.90 Å². The number of nitrogens with zero attached hydrogens (tertiary/aromatic N) is 4. The smallest absolute Gasteiger partial charge is 0.237 e. The van der Waals surface area contributed by atoms with Gasteiger partial charge in [-0.05, 0) is 49.2 Å². The molecule has 1 N–H and O–H groups in total. The van der Waals surface area contributed by atoms with Crippen molar-refractivity contribution in [3.8, 4) is 22.8 Å². The summed E-state index contributed by atoms with van der Waals surface area (Å²) in [5.74, 6) is 0.945. The van der Waals surface area contributed by atoms with Crippen LogP contribution < -0.4 is 4.90 Å². The Balaban J connectivity index is 1.46. The molecule has 160 valence electrons. The summed E-state index contributed by atoms with van der Waals surface area (Å²) in [7, 11) is 0. The lowest BCUT2D eigenvalue weighted by Crippen LogP contribution is -2.37. The second kappa shape index (κ2) is 8.51. The maximum atomic E-state index is 13.2. The standard InChI is InChI=1S/C25H22N4O2S/c1-17-15-18-9-5-7-13-21(18)28(17)23(31)16-32-25-27-26-24(20-12-6-8-14-22(20)30)29(25)19-10-3-2-4-11-19/h2-14,17,30H,15-16H2,1H3. The Morgan fingerprint density at radius 2 is 1.72 bits per heavy atom. The Morgan fingerprint density at radius 3 is 2.53 bits per heavy atom. The first-order valence-electron chi connectivity index (χ1n) is 10.5. The number of fused-ring (bicyclic) bond motifs is 1. The van der Waals surface area contributed by atoms with Crippen LogP contribution in [0.3, 0.4) is 0 Å². The maximum absolute atomic E-state index is 13.2. The normalized spacial score (nSPS) is 15.0. The Labute approximate surface area is 190 Å². The Bertz CT molecular complexity index is 1270. The summed E-state index contributed by atoms with van der Waals surface area (Å²) in [5.41, 5.74) is 3.65. The van der Waals surface area contributed by atoms with Crippen molar-refractivity contribution in [2.45, 2.75) is 24.5 Å². The molecule has 1 aliphatic rings. The minimum Gasteiger partial charge on any atom is -0.507 e. The third kappa shape index (κ3) is 3.65. The van der Waals surface area contributed by atoms with E-state index in [0.29, 0.717) is 16.5 Å². The van der Waals surface area contributed by atoms with Crippen molar-refractivity contribution in [1.29, 1.82) is 0 Å². The number of hydrogen-bond donors (Lipinski definition) is 1. The number of hydrogen-bond acceptors (Lipinski definition) is 5. The van der Waals surface area contributed by atoms with Crippen LogP contribution >= 0.6 is 11.8 Å². The second-order valence-electron chi connectivity index (χ2n) is 7.73. The summed E-state index contributed by atoms with van der Waals surface area (Å²) in [4.78, 5) is 15.1. The molecule has 1 amide bonds. The number of amides is 1. The number of anilines is 1. The molecule has 0 spiro atoms. The maximum Gasteiger partial charge on any atom is 0.237 e. The van der Waals surface area contributed by atoms with Crippen LogP contribution in [0.2, 0.25) is 0 Å². The number of carbonyl (C=O) groups is 1. The van der Waals surface area contributed by atoms with E-state index < -0.39 is 0 Å². The van der Waals surface area contributed by atoms with Crippen LogP contribution in [0, 0.1) is 0 Å². The third-order valence-electron chi connectivity index (χ3n) is 5.59. The van der Waals surface area contributed by atoms with E-state index in [0.717, 1.165) is 17.8 Å². The first-order chi connectivity index (χ1) is 15.6. The number of carbonyl (C=O) groups excluding carboxylic acids is 1. The van der Waals surface area contributed by atoms with Crippen molar-refractivity contribution in [2.24, 2.45) is 0 Å². The molecule has 1 unspecified atom stereocenters. The zero-order valence-electron chi connectivity index (χ0n) is 17.5. The molecule has 0 saturated heterocycles. The van der Waals surface area contributed by atoms with Gasteiger partial charge in [0.2, 0.25) is 5.91 Å². The molecule has 1 aromatic heterocycles. The zero-order chi connectivity index (χ0) is 22.1. The van der Waals surface area contributed by atoms with E-state index >= 15 is 0 Å². The van der Waals surface area contributed by atoms with Gasteiger partial charge in [-0.2, -0.15) is 0 Å². The van der Waals surface area contributed by atoms with Gasteiger partial charge in [0.15, 0.2) is 11.0 Å². The van der Waals surface area contributed by atoms with Crippen LogP contribution in [0.15, 0.2) is 84.0 Å². The largest absolute Gasteiger partial charge is 0.507 e. The average molecular weight is 443 g/mol.